The van der Waals surface area contributed by atoms with E-state index in [0.29, 0.717) is 5.92 Å². The Bertz CT molecular complexity index is 1090. The predicted octanol–water partition coefficient (Wildman–Crippen LogP) is 8.86. The fraction of sp³-hybridized carbons (Fsp3) is 0.629. The van der Waals surface area contributed by atoms with Gasteiger partial charge in [-0.3, -0.25) is 4.79 Å². The molecule has 3 N–H and O–H groups in total. The summed E-state index contributed by atoms with van der Waals surface area (Å²) in [6.45, 7) is 17.7. The lowest BCUT2D eigenvalue weighted by molar-refractivity contribution is -0.147. The van der Waals surface area contributed by atoms with Gasteiger partial charge < -0.3 is 10.8 Å². The van der Waals surface area contributed by atoms with Crippen LogP contribution < -0.4 is 5.73 Å². The summed E-state index contributed by atoms with van der Waals surface area (Å²) in [5.41, 5.74) is 11.1. The second-order valence-corrected chi connectivity index (χ2v) is 14.3. The highest BCUT2D eigenvalue weighted by Crippen LogP contribution is 2.45. The standard InChI is InChI=1S/C18H26O2.C17H27N/c1-13-8-5-6-11-18(13,16(19)20)15-10-7-9-14(12-15)17(2,3)4;1-13-8-5-6-11-17(13,18)15-10-7-9-14(12-15)16(2,3)4/h7,9-10,12-13H,5-6,8,11H2,1-4H3,(H,19,20);7,9-10,12-13H,5-6,8,11,18H2,1-4H3. The highest BCUT2D eigenvalue weighted by atomic mass is 16.4. The van der Waals surface area contributed by atoms with E-state index in [1.54, 1.807) is 0 Å². The first-order valence-electron chi connectivity index (χ1n) is 14.9. The van der Waals surface area contributed by atoms with Crippen LogP contribution in [-0.4, -0.2) is 11.1 Å². The summed E-state index contributed by atoms with van der Waals surface area (Å²) in [6, 6.07) is 17.2. The fourth-order valence-electron chi connectivity index (χ4n) is 6.56. The molecule has 0 spiro atoms. The summed E-state index contributed by atoms with van der Waals surface area (Å²) in [5, 5.41) is 9.91. The molecule has 0 saturated heterocycles. The lowest BCUT2D eigenvalue weighted by Crippen LogP contribution is -2.45. The Hall–Kier alpha value is -2.13. The van der Waals surface area contributed by atoms with Crippen molar-refractivity contribution in [1.29, 1.82) is 0 Å². The van der Waals surface area contributed by atoms with Gasteiger partial charge in [-0.15, -0.1) is 0 Å². The van der Waals surface area contributed by atoms with Crippen molar-refractivity contribution in [2.45, 2.75) is 129 Å². The highest BCUT2D eigenvalue weighted by molar-refractivity contribution is 5.82. The van der Waals surface area contributed by atoms with Crippen LogP contribution >= 0.6 is 0 Å². The van der Waals surface area contributed by atoms with E-state index >= 15 is 0 Å². The Morgan fingerprint density at radius 1 is 0.763 bits per heavy atom. The first-order chi connectivity index (χ1) is 17.6. The molecule has 0 radical (unpaired) electrons. The van der Waals surface area contributed by atoms with E-state index in [0.717, 1.165) is 37.7 Å². The number of carboxylic acids is 1. The molecule has 2 fully saturated rings. The molecule has 0 aromatic heterocycles. The van der Waals surface area contributed by atoms with E-state index in [1.807, 2.05) is 12.1 Å². The molecule has 2 aliphatic rings. The second-order valence-electron chi connectivity index (χ2n) is 14.3. The summed E-state index contributed by atoms with van der Waals surface area (Å²) in [5.74, 6) is 0.126. The third-order valence-corrected chi connectivity index (χ3v) is 9.55. The molecule has 2 aromatic carbocycles. The van der Waals surface area contributed by atoms with E-state index < -0.39 is 11.4 Å². The summed E-state index contributed by atoms with van der Waals surface area (Å²) >= 11 is 0. The normalized spacial score (nSPS) is 28.2. The minimum absolute atomic E-state index is 0.0492. The summed E-state index contributed by atoms with van der Waals surface area (Å²) in [6.07, 6.45) is 8.91. The zero-order valence-electron chi connectivity index (χ0n) is 25.4. The Labute approximate surface area is 232 Å². The zero-order valence-corrected chi connectivity index (χ0v) is 25.4. The Morgan fingerprint density at radius 3 is 1.71 bits per heavy atom. The van der Waals surface area contributed by atoms with Gasteiger partial charge in [-0.05, 0) is 70.6 Å². The maximum absolute atomic E-state index is 12.0. The van der Waals surface area contributed by atoms with Gasteiger partial charge in [0.15, 0.2) is 0 Å². The second kappa shape index (κ2) is 11.5. The van der Waals surface area contributed by atoms with Crippen LogP contribution in [0.25, 0.3) is 0 Å². The number of carboxylic acid groups (broad SMARTS) is 1. The van der Waals surface area contributed by atoms with Crippen molar-refractivity contribution in [3.05, 3.63) is 70.8 Å². The van der Waals surface area contributed by atoms with Crippen LogP contribution in [0.1, 0.15) is 129 Å². The van der Waals surface area contributed by atoms with Crippen molar-refractivity contribution in [2.75, 3.05) is 0 Å². The molecule has 2 aromatic rings. The van der Waals surface area contributed by atoms with Crippen LogP contribution in [-0.2, 0) is 26.6 Å². The predicted molar refractivity (Wildman–Crippen MR) is 161 cm³/mol. The Kier molecular flexibility index (Phi) is 9.24. The topological polar surface area (TPSA) is 63.3 Å². The van der Waals surface area contributed by atoms with Crippen LogP contribution in [0.2, 0.25) is 0 Å². The number of aliphatic carboxylic acids is 1. The number of carbonyl (C=O) groups is 1. The van der Waals surface area contributed by atoms with Gasteiger partial charge in [-0.2, -0.15) is 0 Å². The maximum atomic E-state index is 12.0. The van der Waals surface area contributed by atoms with E-state index in [-0.39, 0.29) is 22.3 Å². The van der Waals surface area contributed by atoms with Crippen LogP contribution in [0.3, 0.4) is 0 Å². The number of nitrogens with two attached hydrogens (primary N) is 1. The van der Waals surface area contributed by atoms with Crippen LogP contribution in [0.15, 0.2) is 48.5 Å². The summed E-state index contributed by atoms with van der Waals surface area (Å²) < 4.78 is 0. The van der Waals surface area contributed by atoms with E-state index in [2.05, 4.69) is 91.8 Å². The van der Waals surface area contributed by atoms with Crippen molar-refractivity contribution in [1.82, 2.24) is 0 Å². The molecular weight excluding hydrogens is 466 g/mol. The number of rotatable bonds is 3. The molecule has 4 rings (SSSR count). The fourth-order valence-corrected chi connectivity index (χ4v) is 6.56. The first-order valence-corrected chi connectivity index (χ1v) is 14.9. The SMILES string of the molecule is CC1CCCCC1(C(=O)O)c1cccc(C(C)(C)C)c1.CC1CCCCC1(N)c1cccc(C(C)(C)C)c1. The molecule has 4 atom stereocenters. The number of hydrogen-bond acceptors (Lipinski definition) is 2. The third kappa shape index (κ3) is 6.36. The Balaban J connectivity index is 0.000000212. The van der Waals surface area contributed by atoms with Gasteiger partial charge >= 0.3 is 5.97 Å². The van der Waals surface area contributed by atoms with Gasteiger partial charge in [0, 0.05) is 5.54 Å². The lowest BCUT2D eigenvalue weighted by atomic mass is 9.62. The Morgan fingerprint density at radius 2 is 1.24 bits per heavy atom. The van der Waals surface area contributed by atoms with Crippen molar-refractivity contribution in [2.24, 2.45) is 17.6 Å². The molecule has 0 bridgehead atoms. The van der Waals surface area contributed by atoms with Gasteiger partial charge in [0.2, 0.25) is 0 Å². The van der Waals surface area contributed by atoms with Crippen LogP contribution in [0.4, 0.5) is 0 Å². The minimum atomic E-state index is -0.695. The third-order valence-electron chi connectivity index (χ3n) is 9.55. The molecule has 4 unspecified atom stereocenters. The van der Waals surface area contributed by atoms with Gasteiger partial charge in [-0.25, -0.2) is 0 Å². The average Bonchev–Trinajstić information content (AvgIpc) is 2.86. The summed E-state index contributed by atoms with van der Waals surface area (Å²) in [4.78, 5) is 12.0. The molecule has 38 heavy (non-hydrogen) atoms. The molecular formula is C35H53NO2. The quantitative estimate of drug-likeness (QED) is 0.425. The molecule has 0 amide bonds. The molecule has 3 heteroatoms. The van der Waals surface area contributed by atoms with Crippen molar-refractivity contribution in [3.8, 4) is 0 Å². The van der Waals surface area contributed by atoms with E-state index in [9.17, 15) is 9.90 Å². The molecule has 210 valence electrons. The first kappa shape index (κ1) is 30.4. The molecule has 2 saturated carbocycles. The maximum Gasteiger partial charge on any atom is 0.314 e. The van der Waals surface area contributed by atoms with Gasteiger partial charge in [0.25, 0.3) is 0 Å². The molecule has 0 heterocycles. The molecule has 0 aliphatic heterocycles. The largest absolute Gasteiger partial charge is 0.481 e. The van der Waals surface area contributed by atoms with Crippen molar-refractivity contribution in [3.63, 3.8) is 0 Å². The van der Waals surface area contributed by atoms with Crippen LogP contribution in [0.5, 0.6) is 0 Å². The number of hydrogen-bond donors (Lipinski definition) is 2. The van der Waals surface area contributed by atoms with E-state index in [4.69, 9.17) is 5.73 Å². The summed E-state index contributed by atoms with van der Waals surface area (Å²) in [7, 11) is 0. The smallest absolute Gasteiger partial charge is 0.314 e. The van der Waals surface area contributed by atoms with Crippen molar-refractivity contribution >= 4 is 5.97 Å². The van der Waals surface area contributed by atoms with Gasteiger partial charge in [-0.1, -0.05) is 130 Å². The average molecular weight is 520 g/mol. The lowest BCUT2D eigenvalue weighted by Gasteiger charge is -2.40. The van der Waals surface area contributed by atoms with Crippen LogP contribution in [0, 0.1) is 11.8 Å². The highest BCUT2D eigenvalue weighted by Gasteiger charge is 2.46. The van der Waals surface area contributed by atoms with Gasteiger partial charge in [0.1, 0.15) is 0 Å². The van der Waals surface area contributed by atoms with Crippen molar-refractivity contribution < 1.29 is 9.90 Å². The molecule has 2 aliphatic carbocycles. The molecule has 3 nitrogen and oxygen atoms in total. The zero-order chi connectivity index (χ0) is 28.4. The monoisotopic (exact) mass is 519 g/mol. The van der Waals surface area contributed by atoms with Gasteiger partial charge in [0.05, 0.1) is 5.41 Å². The number of benzene rings is 2. The van der Waals surface area contributed by atoms with E-state index in [1.165, 1.54) is 36.0 Å². The minimum Gasteiger partial charge on any atom is -0.481 e.